The van der Waals surface area contributed by atoms with Crippen molar-refractivity contribution >= 4 is 38.6 Å². The minimum Gasteiger partial charge on any atom is -0.337 e. The van der Waals surface area contributed by atoms with Gasteiger partial charge in [0.15, 0.2) is 0 Å². The Hall–Kier alpha value is -2.00. The van der Waals surface area contributed by atoms with Crippen LogP contribution in [0.3, 0.4) is 0 Å². The lowest BCUT2D eigenvalue weighted by Crippen LogP contribution is -2.33. The summed E-state index contributed by atoms with van der Waals surface area (Å²) in [7, 11) is -3.44. The Morgan fingerprint density at radius 1 is 0.969 bits per heavy atom. The molecule has 1 fully saturated rings. The third kappa shape index (κ3) is 5.67. The molecule has 1 saturated heterocycles. The van der Waals surface area contributed by atoms with Gasteiger partial charge in [0.25, 0.3) is 10.0 Å². The van der Waals surface area contributed by atoms with Gasteiger partial charge in [-0.15, -0.1) is 22.7 Å². The quantitative estimate of drug-likeness (QED) is 0.438. The fourth-order valence-corrected chi connectivity index (χ4v) is 7.79. The number of carbonyl (C=O) groups is 1. The molecule has 32 heavy (non-hydrogen) atoms. The highest BCUT2D eigenvalue weighted by atomic mass is 32.2. The van der Waals surface area contributed by atoms with E-state index in [9.17, 15) is 13.2 Å². The maximum Gasteiger partial charge on any atom is 0.252 e. The van der Waals surface area contributed by atoms with Gasteiger partial charge in [0, 0.05) is 34.3 Å². The van der Waals surface area contributed by atoms with Gasteiger partial charge in [0.1, 0.15) is 4.21 Å². The summed E-state index contributed by atoms with van der Waals surface area (Å²) in [6, 6.07) is 17.8. The average Bonchev–Trinajstić information content (AvgIpc) is 3.54. The highest BCUT2D eigenvalue weighted by Crippen LogP contribution is 2.28. The van der Waals surface area contributed by atoms with E-state index in [1.54, 1.807) is 27.8 Å². The Morgan fingerprint density at radius 2 is 1.69 bits per heavy atom. The summed E-state index contributed by atoms with van der Waals surface area (Å²) in [5, 5.41) is 0. The molecule has 0 radical (unpaired) electrons. The van der Waals surface area contributed by atoms with Crippen LogP contribution in [0.5, 0.6) is 0 Å². The first-order valence-corrected chi connectivity index (χ1v) is 13.9. The number of hydrogen-bond acceptors (Lipinski definition) is 5. The van der Waals surface area contributed by atoms with Gasteiger partial charge in [-0.1, -0.05) is 30.3 Å². The Morgan fingerprint density at radius 3 is 2.38 bits per heavy atom. The summed E-state index contributed by atoms with van der Waals surface area (Å²) in [5.74, 6) is 0.0268. The van der Waals surface area contributed by atoms with Crippen molar-refractivity contribution in [2.24, 2.45) is 0 Å². The summed E-state index contributed by atoms with van der Waals surface area (Å²) in [4.78, 5) is 18.3. The fraction of sp³-hybridized carbons (Fsp3) is 0.375. The van der Waals surface area contributed by atoms with Gasteiger partial charge in [0.2, 0.25) is 5.91 Å². The molecular weight excluding hydrogens is 460 g/mol. The third-order valence-electron chi connectivity index (χ3n) is 5.63. The van der Waals surface area contributed by atoms with Gasteiger partial charge in [-0.3, -0.25) is 4.79 Å². The van der Waals surface area contributed by atoms with Gasteiger partial charge < -0.3 is 4.90 Å². The van der Waals surface area contributed by atoms with Crippen molar-refractivity contribution < 1.29 is 13.2 Å². The lowest BCUT2D eigenvalue weighted by atomic mass is 10.1. The van der Waals surface area contributed by atoms with Crippen LogP contribution in [0.25, 0.3) is 0 Å². The van der Waals surface area contributed by atoms with E-state index in [1.165, 1.54) is 21.8 Å². The Kier molecular flexibility index (Phi) is 7.45. The molecule has 1 aliphatic rings. The van der Waals surface area contributed by atoms with E-state index >= 15 is 0 Å². The molecule has 4 rings (SSSR count). The zero-order valence-electron chi connectivity index (χ0n) is 18.2. The van der Waals surface area contributed by atoms with Crippen molar-refractivity contribution in [1.29, 1.82) is 0 Å². The van der Waals surface area contributed by atoms with Gasteiger partial charge >= 0.3 is 0 Å². The van der Waals surface area contributed by atoms with Gasteiger partial charge in [-0.05, 0) is 56.0 Å². The topological polar surface area (TPSA) is 57.7 Å². The standard InChI is InChI=1S/C24H28N2O3S3/c1-19-9-10-22(30-19)18-25(16-13-20-7-3-2-4-8-20)23(27)17-21-11-12-24(31-21)32(28,29)26-14-5-6-15-26/h2-4,7-12H,5-6,13-18H2,1H3. The summed E-state index contributed by atoms with van der Waals surface area (Å²) < 4.78 is 27.5. The van der Waals surface area contributed by atoms with Gasteiger partial charge in [0.05, 0.1) is 13.0 Å². The zero-order valence-corrected chi connectivity index (χ0v) is 20.6. The number of carbonyl (C=O) groups excluding carboxylic acids is 1. The average molecular weight is 489 g/mol. The molecule has 1 aliphatic heterocycles. The van der Waals surface area contributed by atoms with Crippen molar-refractivity contribution in [2.45, 2.75) is 43.4 Å². The first-order chi connectivity index (χ1) is 15.4. The van der Waals surface area contributed by atoms with Crippen LogP contribution in [0.15, 0.2) is 58.8 Å². The van der Waals surface area contributed by atoms with E-state index in [1.807, 2.05) is 23.1 Å². The Bertz CT molecular complexity index is 1150. The van der Waals surface area contributed by atoms with Crippen LogP contribution in [0.2, 0.25) is 0 Å². The molecule has 1 amide bonds. The normalized spacial score (nSPS) is 14.7. The van der Waals surface area contributed by atoms with Crippen molar-refractivity contribution in [3.63, 3.8) is 0 Å². The molecule has 8 heteroatoms. The predicted molar refractivity (Wildman–Crippen MR) is 131 cm³/mol. The van der Waals surface area contributed by atoms with Crippen LogP contribution >= 0.6 is 22.7 Å². The van der Waals surface area contributed by atoms with Crippen LogP contribution in [-0.2, 0) is 34.2 Å². The molecule has 0 aliphatic carbocycles. The third-order valence-corrected chi connectivity index (χ3v) is 10.1. The molecule has 0 saturated carbocycles. The second-order valence-corrected chi connectivity index (χ2v) is 12.8. The van der Waals surface area contributed by atoms with E-state index < -0.39 is 10.0 Å². The lowest BCUT2D eigenvalue weighted by Gasteiger charge is -2.22. The highest BCUT2D eigenvalue weighted by molar-refractivity contribution is 7.91. The van der Waals surface area contributed by atoms with Crippen LogP contribution in [0.1, 0.15) is 33.0 Å². The fourth-order valence-electron chi connectivity index (χ4n) is 3.87. The summed E-state index contributed by atoms with van der Waals surface area (Å²) in [6.45, 7) is 4.45. The SMILES string of the molecule is Cc1ccc(CN(CCc2ccccc2)C(=O)Cc2ccc(S(=O)(=O)N3CCCC3)s2)s1. The van der Waals surface area contributed by atoms with Crippen LogP contribution in [0.4, 0.5) is 0 Å². The first kappa shape index (κ1) is 23.2. The minimum atomic E-state index is -3.44. The Balaban J connectivity index is 1.46. The van der Waals surface area contributed by atoms with E-state index in [0.717, 1.165) is 29.0 Å². The minimum absolute atomic E-state index is 0.0268. The molecule has 170 valence electrons. The molecule has 2 aromatic heterocycles. The van der Waals surface area contributed by atoms with E-state index in [4.69, 9.17) is 0 Å². The number of amides is 1. The van der Waals surface area contributed by atoms with E-state index in [-0.39, 0.29) is 12.3 Å². The molecule has 1 aromatic carbocycles. The summed E-state index contributed by atoms with van der Waals surface area (Å²) in [6.07, 6.45) is 2.83. The summed E-state index contributed by atoms with van der Waals surface area (Å²) >= 11 is 2.93. The largest absolute Gasteiger partial charge is 0.337 e. The van der Waals surface area contributed by atoms with Gasteiger partial charge in [-0.25, -0.2) is 8.42 Å². The molecule has 0 unspecified atom stereocenters. The molecule has 3 aromatic rings. The highest BCUT2D eigenvalue weighted by Gasteiger charge is 2.29. The predicted octanol–water partition coefficient (Wildman–Crippen LogP) is 4.72. The first-order valence-electron chi connectivity index (χ1n) is 10.9. The number of aryl methyl sites for hydroxylation is 1. The monoisotopic (exact) mass is 488 g/mol. The number of benzene rings is 1. The van der Waals surface area contributed by atoms with E-state index in [2.05, 4.69) is 31.2 Å². The van der Waals surface area contributed by atoms with Crippen molar-refractivity contribution in [1.82, 2.24) is 9.21 Å². The molecule has 0 spiro atoms. The number of rotatable bonds is 9. The van der Waals surface area contributed by atoms with Crippen molar-refractivity contribution in [3.05, 3.63) is 74.8 Å². The van der Waals surface area contributed by atoms with Crippen LogP contribution in [-0.4, -0.2) is 43.2 Å². The van der Waals surface area contributed by atoms with E-state index in [0.29, 0.717) is 30.4 Å². The zero-order chi connectivity index (χ0) is 22.6. The second kappa shape index (κ2) is 10.3. The summed E-state index contributed by atoms with van der Waals surface area (Å²) in [5.41, 5.74) is 1.20. The van der Waals surface area contributed by atoms with Crippen molar-refractivity contribution in [3.8, 4) is 0 Å². The maximum atomic E-state index is 13.2. The molecule has 5 nitrogen and oxygen atoms in total. The smallest absolute Gasteiger partial charge is 0.252 e. The maximum absolute atomic E-state index is 13.2. The van der Waals surface area contributed by atoms with Crippen molar-refractivity contribution in [2.75, 3.05) is 19.6 Å². The Labute approximate surface area is 198 Å². The van der Waals surface area contributed by atoms with Gasteiger partial charge in [-0.2, -0.15) is 4.31 Å². The second-order valence-electron chi connectivity index (χ2n) is 8.07. The molecule has 3 heterocycles. The molecular formula is C24H28N2O3S3. The molecule has 0 atom stereocenters. The number of sulfonamides is 1. The number of thiophene rings is 2. The number of nitrogens with zero attached hydrogens (tertiary/aromatic N) is 2. The van der Waals surface area contributed by atoms with Crippen LogP contribution < -0.4 is 0 Å². The molecule has 0 bridgehead atoms. The van der Waals surface area contributed by atoms with Crippen LogP contribution in [0, 0.1) is 6.92 Å². The lowest BCUT2D eigenvalue weighted by molar-refractivity contribution is -0.131. The molecule has 0 N–H and O–H groups in total. The number of hydrogen-bond donors (Lipinski definition) is 0.